The van der Waals surface area contributed by atoms with E-state index in [9.17, 15) is 0 Å². The zero-order chi connectivity index (χ0) is 23.5. The quantitative estimate of drug-likeness (QED) is 0.254. The van der Waals surface area contributed by atoms with Gasteiger partial charge in [-0.2, -0.15) is 0 Å². The molecule has 0 amide bonds. The lowest BCUT2D eigenvalue weighted by atomic mass is 9.66. The maximum atomic E-state index is 8.39. The molecule has 0 radical (unpaired) electrons. The van der Waals surface area contributed by atoms with Crippen LogP contribution in [0.4, 0.5) is 0 Å². The second kappa shape index (κ2) is 10.4. The molecule has 3 rings (SSSR count). The van der Waals surface area contributed by atoms with Crippen LogP contribution in [-0.4, -0.2) is 16.5 Å². The second-order valence-electron chi connectivity index (χ2n) is 10.0. The van der Waals surface area contributed by atoms with Crippen molar-refractivity contribution < 1.29 is 0 Å². The average molecular weight is 449 g/mol. The monoisotopic (exact) mass is 448 g/mol. The van der Waals surface area contributed by atoms with Gasteiger partial charge in [0.15, 0.2) is 0 Å². The molecule has 0 bridgehead atoms. The molecule has 2 aliphatic rings. The molecule has 0 aromatic heterocycles. The van der Waals surface area contributed by atoms with Crippen LogP contribution in [0.15, 0.2) is 58.3 Å². The van der Waals surface area contributed by atoms with Gasteiger partial charge in [-0.1, -0.05) is 66.8 Å². The van der Waals surface area contributed by atoms with Gasteiger partial charge in [-0.3, -0.25) is 0 Å². The highest BCUT2D eigenvalue weighted by Gasteiger charge is 2.44. The normalized spacial score (nSPS) is 22.3. The van der Waals surface area contributed by atoms with Crippen molar-refractivity contribution in [3.8, 4) is 0 Å². The Bertz CT molecular complexity index is 988. The molecule has 172 valence electrons. The third-order valence-electron chi connectivity index (χ3n) is 7.45. The molecule has 1 saturated carbocycles. The molecule has 1 fully saturated rings. The third kappa shape index (κ3) is 5.36. The van der Waals surface area contributed by atoms with E-state index in [0.29, 0.717) is 11.6 Å². The van der Waals surface area contributed by atoms with E-state index < -0.39 is 0 Å². The SMILES string of the molecule is C=C(CS/C(C)=N/C1=C(C(C)=N)C=C(C)C1(C)C1CCCCC1)Cc1cc(C)ccc1C. The Morgan fingerprint density at radius 1 is 1.16 bits per heavy atom. The topological polar surface area (TPSA) is 36.2 Å². The van der Waals surface area contributed by atoms with Crippen molar-refractivity contribution >= 4 is 22.5 Å². The van der Waals surface area contributed by atoms with Crippen molar-refractivity contribution in [2.75, 3.05) is 5.75 Å². The molecule has 1 atom stereocenters. The third-order valence-corrected chi connectivity index (χ3v) is 8.51. The van der Waals surface area contributed by atoms with E-state index >= 15 is 0 Å². The number of rotatable bonds is 7. The zero-order valence-corrected chi connectivity index (χ0v) is 21.7. The number of thioether (sulfide) groups is 1. The highest BCUT2D eigenvalue weighted by Crippen LogP contribution is 2.53. The van der Waals surface area contributed by atoms with E-state index in [1.165, 1.54) is 59.9 Å². The number of nitrogens with one attached hydrogen (secondary N) is 1. The fourth-order valence-corrected chi connectivity index (χ4v) is 5.94. The highest BCUT2D eigenvalue weighted by atomic mass is 32.2. The average Bonchev–Trinajstić information content (AvgIpc) is 3.01. The van der Waals surface area contributed by atoms with Gasteiger partial charge in [0, 0.05) is 22.5 Å². The van der Waals surface area contributed by atoms with Gasteiger partial charge in [0.2, 0.25) is 0 Å². The van der Waals surface area contributed by atoms with Crippen molar-refractivity contribution in [2.45, 2.75) is 80.1 Å². The van der Waals surface area contributed by atoms with Gasteiger partial charge in [0.1, 0.15) is 0 Å². The Kier molecular flexibility index (Phi) is 8.03. The molecule has 2 aliphatic carbocycles. The Balaban J connectivity index is 1.76. The summed E-state index contributed by atoms with van der Waals surface area (Å²) in [6.45, 7) is 17.3. The summed E-state index contributed by atoms with van der Waals surface area (Å²) < 4.78 is 0. The Hall–Kier alpha value is -1.87. The van der Waals surface area contributed by atoms with Crippen molar-refractivity contribution in [3.05, 3.63) is 70.0 Å². The molecule has 1 aromatic carbocycles. The number of allylic oxidation sites excluding steroid dienone is 3. The molecule has 32 heavy (non-hydrogen) atoms. The number of aliphatic imine (C=N–C) groups is 1. The molecule has 2 nitrogen and oxygen atoms in total. The van der Waals surface area contributed by atoms with E-state index in [-0.39, 0.29) is 5.41 Å². The highest BCUT2D eigenvalue weighted by molar-refractivity contribution is 8.14. The molecule has 1 unspecified atom stereocenters. The predicted molar refractivity (Wildman–Crippen MR) is 143 cm³/mol. The minimum Gasteiger partial charge on any atom is -0.305 e. The zero-order valence-electron chi connectivity index (χ0n) is 20.9. The van der Waals surface area contributed by atoms with Crippen LogP contribution < -0.4 is 0 Å². The lowest BCUT2D eigenvalue weighted by Gasteiger charge is -2.39. The summed E-state index contributed by atoms with van der Waals surface area (Å²) in [5, 5.41) is 9.46. The molecule has 0 aliphatic heterocycles. The predicted octanol–water partition coefficient (Wildman–Crippen LogP) is 8.39. The van der Waals surface area contributed by atoms with Crippen molar-refractivity contribution in [3.63, 3.8) is 0 Å². The summed E-state index contributed by atoms with van der Waals surface area (Å²) in [6.07, 6.45) is 9.67. The molecule has 1 N–H and O–H groups in total. The van der Waals surface area contributed by atoms with Crippen molar-refractivity contribution in [1.29, 1.82) is 5.41 Å². The summed E-state index contributed by atoms with van der Waals surface area (Å²) >= 11 is 1.79. The molecule has 3 heteroatoms. The lowest BCUT2D eigenvalue weighted by molar-refractivity contribution is 0.215. The summed E-state index contributed by atoms with van der Waals surface area (Å²) in [5.74, 6) is 1.50. The minimum atomic E-state index is -0.0461. The Morgan fingerprint density at radius 3 is 2.50 bits per heavy atom. The van der Waals surface area contributed by atoms with Crippen LogP contribution in [0.2, 0.25) is 0 Å². The van der Waals surface area contributed by atoms with Gasteiger partial charge >= 0.3 is 0 Å². The molecule has 0 heterocycles. The van der Waals surface area contributed by atoms with Gasteiger partial charge in [-0.25, -0.2) is 4.99 Å². The largest absolute Gasteiger partial charge is 0.305 e. The number of hydrogen-bond acceptors (Lipinski definition) is 3. The lowest BCUT2D eigenvalue weighted by Crippen LogP contribution is -2.31. The van der Waals surface area contributed by atoms with Gasteiger partial charge < -0.3 is 5.41 Å². The summed E-state index contributed by atoms with van der Waals surface area (Å²) in [5.41, 5.74) is 9.35. The molecule has 0 spiro atoms. The fraction of sp³-hybridized carbons (Fsp3) is 0.517. The standard InChI is InChI=1S/C29H40N2S/c1-19-13-14-21(3)25(15-19)16-20(2)18-32-24(6)31-28-27(23(5)30)17-22(4)29(28,7)26-11-9-8-10-12-26/h13-15,17,26,30H,2,8-12,16,18H2,1,3-7H3/b30-23?,31-24+. The van der Waals surface area contributed by atoms with Crippen LogP contribution in [0.5, 0.6) is 0 Å². The van der Waals surface area contributed by atoms with Crippen molar-refractivity contribution in [1.82, 2.24) is 0 Å². The van der Waals surface area contributed by atoms with Crippen molar-refractivity contribution in [2.24, 2.45) is 16.3 Å². The van der Waals surface area contributed by atoms with Crippen LogP contribution in [0.1, 0.15) is 76.5 Å². The van der Waals surface area contributed by atoms with Crippen LogP contribution >= 0.6 is 11.8 Å². The van der Waals surface area contributed by atoms with E-state index in [4.69, 9.17) is 10.4 Å². The summed E-state index contributed by atoms with van der Waals surface area (Å²) in [6, 6.07) is 6.65. The van der Waals surface area contributed by atoms with Crippen LogP contribution in [-0.2, 0) is 6.42 Å². The number of benzene rings is 1. The van der Waals surface area contributed by atoms with Crippen LogP contribution in [0.25, 0.3) is 0 Å². The Labute approximate surface area is 199 Å². The molecular formula is C29H40N2S. The van der Waals surface area contributed by atoms with E-state index in [1.54, 1.807) is 11.8 Å². The molecule has 0 saturated heterocycles. The number of aryl methyl sites for hydroxylation is 2. The first-order chi connectivity index (χ1) is 15.1. The summed E-state index contributed by atoms with van der Waals surface area (Å²) in [7, 11) is 0. The van der Waals surface area contributed by atoms with Crippen LogP contribution in [0.3, 0.4) is 0 Å². The van der Waals surface area contributed by atoms with Crippen LogP contribution in [0, 0.1) is 30.6 Å². The molecular weight excluding hydrogens is 408 g/mol. The van der Waals surface area contributed by atoms with Gasteiger partial charge in [0.25, 0.3) is 0 Å². The van der Waals surface area contributed by atoms with E-state index in [1.807, 2.05) is 6.92 Å². The second-order valence-corrected chi connectivity index (χ2v) is 11.2. The van der Waals surface area contributed by atoms with Gasteiger partial charge in [0.05, 0.1) is 10.7 Å². The van der Waals surface area contributed by atoms with E-state index in [2.05, 4.69) is 65.5 Å². The Morgan fingerprint density at radius 2 is 1.84 bits per heavy atom. The first-order valence-corrected chi connectivity index (χ1v) is 13.0. The first kappa shape index (κ1) is 24.8. The smallest absolute Gasteiger partial charge is 0.0707 e. The number of nitrogens with zero attached hydrogens (tertiary/aromatic N) is 1. The summed E-state index contributed by atoms with van der Waals surface area (Å²) in [4.78, 5) is 5.19. The van der Waals surface area contributed by atoms with Gasteiger partial charge in [-0.05, 0) is 77.8 Å². The first-order valence-electron chi connectivity index (χ1n) is 12.0. The van der Waals surface area contributed by atoms with E-state index in [0.717, 1.165) is 28.5 Å². The maximum absolute atomic E-state index is 8.39. The van der Waals surface area contributed by atoms with Gasteiger partial charge in [-0.15, -0.1) is 11.8 Å². The number of hydrogen-bond donors (Lipinski definition) is 1. The maximum Gasteiger partial charge on any atom is 0.0707 e. The fourth-order valence-electron chi connectivity index (χ4n) is 5.27. The minimum absolute atomic E-state index is 0.0461. The molecule has 1 aromatic rings.